The van der Waals surface area contributed by atoms with Gasteiger partial charge in [0.2, 0.25) is 0 Å². The molecule has 9 nitrogen and oxygen atoms in total. The van der Waals surface area contributed by atoms with Gasteiger partial charge in [-0.25, -0.2) is 14.6 Å². The summed E-state index contributed by atoms with van der Waals surface area (Å²) in [5, 5.41) is 11.1. The van der Waals surface area contributed by atoms with Crippen LogP contribution >= 0.6 is 0 Å². The molecule has 2 atom stereocenters. The van der Waals surface area contributed by atoms with Gasteiger partial charge < -0.3 is 19.3 Å². The van der Waals surface area contributed by atoms with E-state index in [-0.39, 0.29) is 42.4 Å². The van der Waals surface area contributed by atoms with Gasteiger partial charge in [-0.2, -0.15) is 0 Å². The second-order valence-electron chi connectivity index (χ2n) is 9.20. The van der Waals surface area contributed by atoms with Crippen LogP contribution in [-0.4, -0.2) is 65.2 Å². The first kappa shape index (κ1) is 24.3. The number of fused-ring (bicyclic) bond motifs is 1. The number of hydrogen-bond donors (Lipinski definition) is 1. The van der Waals surface area contributed by atoms with E-state index in [9.17, 15) is 19.5 Å². The highest BCUT2D eigenvalue weighted by Crippen LogP contribution is 2.35. The van der Waals surface area contributed by atoms with Gasteiger partial charge in [-0.15, -0.1) is 0 Å². The summed E-state index contributed by atoms with van der Waals surface area (Å²) in [6, 6.07) is 4.28. The SMILES string of the molecule is COC(=O)[C@@H]1C[C@@H](CC(=O)c2c(O)c(C)nc3ccc(OC)cc23)CN1C(=O)OC(C)(C)C. The van der Waals surface area contributed by atoms with E-state index in [0.717, 1.165) is 0 Å². The Labute approximate surface area is 192 Å². The van der Waals surface area contributed by atoms with Crippen LogP contribution in [0.1, 0.15) is 49.7 Å². The predicted molar refractivity (Wildman–Crippen MR) is 120 cm³/mol. The Bertz CT molecular complexity index is 1090. The molecule has 1 fully saturated rings. The minimum atomic E-state index is -0.840. The Kier molecular flexibility index (Phi) is 6.81. The zero-order chi connectivity index (χ0) is 24.5. The van der Waals surface area contributed by atoms with E-state index >= 15 is 0 Å². The number of rotatable bonds is 5. The maximum atomic E-state index is 13.4. The number of methoxy groups -OCH3 is 2. The first-order valence-electron chi connectivity index (χ1n) is 10.7. The van der Waals surface area contributed by atoms with Crippen LogP contribution in [0, 0.1) is 12.8 Å². The molecule has 1 aromatic heterocycles. The lowest BCUT2D eigenvalue weighted by Gasteiger charge is -2.27. The molecule has 1 aliphatic rings. The molecule has 0 unspecified atom stereocenters. The van der Waals surface area contributed by atoms with Gasteiger partial charge in [0.1, 0.15) is 23.1 Å². The van der Waals surface area contributed by atoms with Crippen molar-refractivity contribution in [2.45, 2.75) is 52.2 Å². The summed E-state index contributed by atoms with van der Waals surface area (Å²) < 4.78 is 15.6. The molecule has 0 spiro atoms. The standard InChI is InChI=1S/C24H30N2O7/c1-13-21(28)20(16-11-15(31-5)7-8-17(16)25-13)19(27)10-14-9-18(22(29)32-6)26(12-14)23(30)33-24(2,3)4/h7-8,11,14,18,28H,9-10,12H2,1-6H3/t14-,18-/m0/s1. The van der Waals surface area contributed by atoms with Gasteiger partial charge in [-0.1, -0.05) is 0 Å². The fraction of sp³-hybridized carbons (Fsp3) is 0.500. The Balaban J connectivity index is 1.90. The molecule has 178 valence electrons. The Hall–Kier alpha value is -3.36. The summed E-state index contributed by atoms with van der Waals surface area (Å²) in [6.45, 7) is 7.00. The van der Waals surface area contributed by atoms with Crippen molar-refractivity contribution in [1.29, 1.82) is 0 Å². The van der Waals surface area contributed by atoms with Gasteiger partial charge in [0.25, 0.3) is 0 Å². The van der Waals surface area contributed by atoms with Crippen molar-refractivity contribution in [2.75, 3.05) is 20.8 Å². The average molecular weight is 459 g/mol. The molecule has 1 aromatic carbocycles. The van der Waals surface area contributed by atoms with Gasteiger partial charge in [0.05, 0.1) is 31.0 Å². The zero-order valence-electron chi connectivity index (χ0n) is 19.8. The molecular weight excluding hydrogens is 428 g/mol. The van der Waals surface area contributed by atoms with Crippen molar-refractivity contribution in [2.24, 2.45) is 5.92 Å². The largest absolute Gasteiger partial charge is 0.505 e. The van der Waals surface area contributed by atoms with Crippen LogP contribution in [0.25, 0.3) is 10.9 Å². The lowest BCUT2D eigenvalue weighted by atomic mass is 9.93. The quantitative estimate of drug-likeness (QED) is 0.534. The number of ketones is 1. The third-order valence-electron chi connectivity index (χ3n) is 5.58. The summed E-state index contributed by atoms with van der Waals surface area (Å²) >= 11 is 0. The van der Waals surface area contributed by atoms with Crippen molar-refractivity contribution in [3.05, 3.63) is 29.5 Å². The molecule has 0 saturated carbocycles. The highest BCUT2D eigenvalue weighted by atomic mass is 16.6. The zero-order valence-corrected chi connectivity index (χ0v) is 19.8. The highest BCUT2D eigenvalue weighted by Gasteiger charge is 2.43. The minimum absolute atomic E-state index is 0.0239. The van der Waals surface area contributed by atoms with Crippen molar-refractivity contribution in [3.63, 3.8) is 0 Å². The molecule has 1 aliphatic heterocycles. The van der Waals surface area contributed by atoms with Crippen LogP contribution in [0.3, 0.4) is 0 Å². The van der Waals surface area contributed by atoms with Crippen LogP contribution in [0.2, 0.25) is 0 Å². The van der Waals surface area contributed by atoms with Crippen LogP contribution in [0.5, 0.6) is 11.5 Å². The minimum Gasteiger partial charge on any atom is -0.505 e. The lowest BCUT2D eigenvalue weighted by molar-refractivity contribution is -0.145. The Morgan fingerprint density at radius 2 is 1.91 bits per heavy atom. The van der Waals surface area contributed by atoms with E-state index in [1.165, 1.54) is 19.1 Å². The molecule has 3 rings (SSSR count). The van der Waals surface area contributed by atoms with E-state index in [0.29, 0.717) is 22.3 Å². The summed E-state index contributed by atoms with van der Waals surface area (Å²) in [5.41, 5.74) is 0.319. The third kappa shape index (κ3) is 5.18. The molecule has 0 radical (unpaired) electrons. The normalized spacial score (nSPS) is 18.3. The maximum Gasteiger partial charge on any atom is 0.411 e. The molecule has 2 heterocycles. The highest BCUT2D eigenvalue weighted by molar-refractivity contribution is 6.10. The molecule has 9 heteroatoms. The Morgan fingerprint density at radius 3 is 2.52 bits per heavy atom. The van der Waals surface area contributed by atoms with Crippen molar-refractivity contribution in [1.82, 2.24) is 9.88 Å². The number of amides is 1. The smallest absolute Gasteiger partial charge is 0.411 e. The molecule has 0 bridgehead atoms. The van der Waals surface area contributed by atoms with Gasteiger partial charge in [0.15, 0.2) is 5.78 Å². The number of aryl methyl sites for hydroxylation is 1. The molecule has 33 heavy (non-hydrogen) atoms. The van der Waals surface area contributed by atoms with Gasteiger partial charge in [-0.3, -0.25) is 9.69 Å². The number of ether oxygens (including phenoxy) is 3. The molecule has 1 saturated heterocycles. The fourth-order valence-corrected chi connectivity index (χ4v) is 4.08. The van der Waals surface area contributed by atoms with Crippen molar-refractivity contribution >= 4 is 28.7 Å². The number of Topliss-reactive ketones (excluding diaryl/α,β-unsaturated/α-hetero) is 1. The number of pyridine rings is 1. The number of esters is 1. The van der Waals surface area contributed by atoms with Gasteiger partial charge in [0, 0.05) is 18.4 Å². The molecule has 0 aliphatic carbocycles. The lowest BCUT2D eigenvalue weighted by Crippen LogP contribution is -2.43. The summed E-state index contributed by atoms with van der Waals surface area (Å²) in [6.07, 6.45) is -0.356. The number of carbonyl (C=O) groups is 3. The Morgan fingerprint density at radius 1 is 1.21 bits per heavy atom. The first-order chi connectivity index (χ1) is 15.4. The molecule has 1 N–H and O–H groups in total. The number of aromatic hydroxyl groups is 1. The van der Waals surface area contributed by atoms with E-state index in [4.69, 9.17) is 14.2 Å². The monoisotopic (exact) mass is 458 g/mol. The number of hydrogen-bond acceptors (Lipinski definition) is 8. The number of likely N-dealkylation sites (tertiary alicyclic amines) is 1. The van der Waals surface area contributed by atoms with Crippen molar-refractivity contribution in [3.8, 4) is 11.5 Å². The van der Waals surface area contributed by atoms with E-state index < -0.39 is 23.7 Å². The summed E-state index contributed by atoms with van der Waals surface area (Å²) in [5.74, 6) is -0.844. The van der Waals surface area contributed by atoms with E-state index in [2.05, 4.69) is 4.98 Å². The predicted octanol–water partition coefficient (Wildman–Crippen LogP) is 3.63. The van der Waals surface area contributed by atoms with Gasteiger partial charge >= 0.3 is 12.1 Å². The van der Waals surface area contributed by atoms with Gasteiger partial charge in [-0.05, 0) is 58.2 Å². The fourth-order valence-electron chi connectivity index (χ4n) is 4.08. The number of carbonyl (C=O) groups excluding carboxylic acids is 3. The molecule has 1 amide bonds. The maximum absolute atomic E-state index is 13.4. The topological polar surface area (TPSA) is 115 Å². The third-order valence-corrected chi connectivity index (χ3v) is 5.58. The van der Waals surface area contributed by atoms with Crippen molar-refractivity contribution < 1.29 is 33.7 Å². The van der Waals surface area contributed by atoms with Crippen LogP contribution in [-0.2, 0) is 14.3 Å². The summed E-state index contributed by atoms with van der Waals surface area (Å²) in [7, 11) is 2.77. The summed E-state index contributed by atoms with van der Waals surface area (Å²) in [4.78, 5) is 44.0. The van der Waals surface area contributed by atoms with Crippen LogP contribution < -0.4 is 4.74 Å². The first-order valence-corrected chi connectivity index (χ1v) is 10.7. The number of nitrogens with zero attached hydrogens (tertiary/aromatic N) is 2. The molecule has 2 aromatic rings. The number of aromatic nitrogens is 1. The van der Waals surface area contributed by atoms with Crippen LogP contribution in [0.15, 0.2) is 18.2 Å². The van der Waals surface area contributed by atoms with E-state index in [1.54, 1.807) is 45.9 Å². The molecular formula is C24H30N2O7. The van der Waals surface area contributed by atoms with E-state index in [1.807, 2.05) is 0 Å². The average Bonchev–Trinajstić information content (AvgIpc) is 3.16. The van der Waals surface area contributed by atoms with Crippen LogP contribution in [0.4, 0.5) is 4.79 Å². The number of benzene rings is 1. The second-order valence-corrected chi connectivity index (χ2v) is 9.20. The second kappa shape index (κ2) is 9.25.